The minimum Gasteiger partial charge on any atom is -0.302 e. The molecule has 0 aliphatic heterocycles. The summed E-state index contributed by atoms with van der Waals surface area (Å²) < 4.78 is 2.73. The van der Waals surface area contributed by atoms with Crippen LogP contribution in [0.3, 0.4) is 0 Å². The van der Waals surface area contributed by atoms with Gasteiger partial charge < -0.3 is 4.90 Å². The topological polar surface area (TPSA) is 54.3 Å². The van der Waals surface area contributed by atoms with E-state index in [1.165, 1.54) is 0 Å². The normalized spacial score (nSPS) is 10.9. The zero-order valence-corrected chi connectivity index (χ0v) is 16.9. The fourth-order valence-electron chi connectivity index (χ4n) is 2.71. The summed E-state index contributed by atoms with van der Waals surface area (Å²) in [5.41, 5.74) is 1.37. The number of rotatable bonds is 7. The van der Waals surface area contributed by atoms with Crippen molar-refractivity contribution in [2.75, 3.05) is 31.1 Å². The molecule has 2 aromatic heterocycles. The fourth-order valence-corrected chi connectivity index (χ4v) is 3.70. The first-order valence-corrected chi connectivity index (χ1v) is 9.33. The van der Waals surface area contributed by atoms with Crippen molar-refractivity contribution in [1.82, 2.24) is 19.7 Å². The number of anilines is 1. The molecule has 3 aromatic rings. The molecule has 0 saturated carbocycles. The molecule has 1 amide bonds. The molecular formula is C18H24ClN5OS. The molecular weight excluding hydrogens is 370 g/mol. The molecule has 0 saturated heterocycles. The van der Waals surface area contributed by atoms with Crippen molar-refractivity contribution in [2.24, 2.45) is 7.05 Å². The lowest BCUT2D eigenvalue weighted by Gasteiger charge is -2.24. The summed E-state index contributed by atoms with van der Waals surface area (Å²) in [5, 5.41) is 4.99. The molecule has 8 heteroatoms. The van der Waals surface area contributed by atoms with E-state index in [0.717, 1.165) is 35.0 Å². The van der Waals surface area contributed by atoms with E-state index in [4.69, 9.17) is 0 Å². The van der Waals surface area contributed by atoms with Gasteiger partial charge in [0.15, 0.2) is 10.8 Å². The SMILES string of the molecule is CCN(CC)CCN(C(=O)c1ccn(C)n1)c1nc2ccccc2s1.Cl. The first-order chi connectivity index (χ1) is 12.1. The molecule has 2 heterocycles. The second-order valence-electron chi connectivity index (χ2n) is 5.82. The van der Waals surface area contributed by atoms with E-state index >= 15 is 0 Å². The van der Waals surface area contributed by atoms with Gasteiger partial charge in [-0.05, 0) is 31.3 Å². The smallest absolute Gasteiger partial charge is 0.280 e. The van der Waals surface area contributed by atoms with Gasteiger partial charge in [-0.2, -0.15) is 5.10 Å². The zero-order valence-electron chi connectivity index (χ0n) is 15.3. The van der Waals surface area contributed by atoms with Crippen molar-refractivity contribution in [2.45, 2.75) is 13.8 Å². The van der Waals surface area contributed by atoms with E-state index in [1.807, 2.05) is 31.3 Å². The molecule has 6 nitrogen and oxygen atoms in total. The van der Waals surface area contributed by atoms with Crippen molar-refractivity contribution in [3.05, 3.63) is 42.2 Å². The molecule has 0 bridgehead atoms. The van der Waals surface area contributed by atoms with Crippen LogP contribution in [0.25, 0.3) is 10.2 Å². The molecule has 0 N–H and O–H groups in total. The van der Waals surface area contributed by atoms with E-state index in [9.17, 15) is 4.79 Å². The second-order valence-corrected chi connectivity index (χ2v) is 6.83. The number of benzene rings is 1. The number of carbonyl (C=O) groups is 1. The summed E-state index contributed by atoms with van der Waals surface area (Å²) in [4.78, 5) is 21.7. The Morgan fingerprint density at radius 1 is 1.15 bits per heavy atom. The van der Waals surface area contributed by atoms with Crippen LogP contribution in [-0.4, -0.2) is 51.8 Å². The van der Waals surface area contributed by atoms with Crippen LogP contribution in [-0.2, 0) is 7.05 Å². The molecule has 0 fully saturated rings. The Hall–Kier alpha value is -1.96. The first kappa shape index (κ1) is 20.4. The number of nitrogens with zero attached hydrogens (tertiary/aromatic N) is 5. The maximum absolute atomic E-state index is 13.0. The Kier molecular flexibility index (Phi) is 7.14. The first-order valence-electron chi connectivity index (χ1n) is 8.51. The van der Waals surface area contributed by atoms with Crippen LogP contribution in [0, 0.1) is 0 Å². The minimum atomic E-state index is -0.105. The third-order valence-electron chi connectivity index (χ3n) is 4.23. The molecule has 3 rings (SSSR count). The third kappa shape index (κ3) is 4.41. The number of aryl methyl sites for hydroxylation is 1. The van der Waals surface area contributed by atoms with E-state index in [-0.39, 0.29) is 18.3 Å². The molecule has 0 aliphatic carbocycles. The molecule has 1 aromatic carbocycles. The Labute approximate surface area is 163 Å². The summed E-state index contributed by atoms with van der Waals surface area (Å²) >= 11 is 1.54. The van der Waals surface area contributed by atoms with Gasteiger partial charge in [0.05, 0.1) is 10.2 Å². The van der Waals surface area contributed by atoms with Crippen molar-refractivity contribution < 1.29 is 4.79 Å². The predicted octanol–water partition coefficient (Wildman–Crippen LogP) is 3.44. The Morgan fingerprint density at radius 3 is 2.50 bits per heavy atom. The number of likely N-dealkylation sites (N-methyl/N-ethyl adjacent to an activating group) is 1. The summed E-state index contributed by atoms with van der Waals surface area (Å²) in [6, 6.07) is 9.71. The van der Waals surface area contributed by atoms with Crippen LogP contribution < -0.4 is 4.90 Å². The fraction of sp³-hybridized carbons (Fsp3) is 0.389. The Morgan fingerprint density at radius 2 is 1.88 bits per heavy atom. The summed E-state index contributed by atoms with van der Waals surface area (Å²) in [5.74, 6) is -0.105. The van der Waals surface area contributed by atoms with E-state index in [1.54, 1.807) is 33.2 Å². The van der Waals surface area contributed by atoms with Gasteiger partial charge in [0.2, 0.25) is 0 Å². The largest absolute Gasteiger partial charge is 0.302 e. The van der Waals surface area contributed by atoms with Crippen LogP contribution >= 0.6 is 23.7 Å². The van der Waals surface area contributed by atoms with Crippen molar-refractivity contribution in [1.29, 1.82) is 0 Å². The van der Waals surface area contributed by atoms with Crippen LogP contribution in [0.15, 0.2) is 36.5 Å². The monoisotopic (exact) mass is 393 g/mol. The number of hydrogen-bond donors (Lipinski definition) is 0. The number of aromatic nitrogens is 3. The quantitative estimate of drug-likeness (QED) is 0.617. The lowest BCUT2D eigenvalue weighted by Crippen LogP contribution is -2.39. The highest BCUT2D eigenvalue weighted by molar-refractivity contribution is 7.22. The number of para-hydroxylation sites is 1. The highest BCUT2D eigenvalue weighted by Crippen LogP contribution is 2.29. The van der Waals surface area contributed by atoms with Gasteiger partial charge in [0.1, 0.15) is 0 Å². The third-order valence-corrected chi connectivity index (χ3v) is 5.29. The molecule has 26 heavy (non-hydrogen) atoms. The van der Waals surface area contributed by atoms with Gasteiger partial charge in [0.25, 0.3) is 5.91 Å². The average molecular weight is 394 g/mol. The molecule has 140 valence electrons. The van der Waals surface area contributed by atoms with Gasteiger partial charge in [-0.3, -0.25) is 14.4 Å². The average Bonchev–Trinajstić information content (AvgIpc) is 3.24. The maximum Gasteiger partial charge on any atom is 0.280 e. The number of thiazole rings is 1. The van der Waals surface area contributed by atoms with Crippen LogP contribution in [0.4, 0.5) is 5.13 Å². The lowest BCUT2D eigenvalue weighted by molar-refractivity contribution is 0.0978. The van der Waals surface area contributed by atoms with Crippen LogP contribution in [0.5, 0.6) is 0 Å². The Balaban J connectivity index is 0.00000243. The minimum absolute atomic E-state index is 0. The predicted molar refractivity (Wildman–Crippen MR) is 110 cm³/mol. The lowest BCUT2D eigenvalue weighted by atomic mass is 10.3. The van der Waals surface area contributed by atoms with Gasteiger partial charge in [-0.25, -0.2) is 4.98 Å². The van der Waals surface area contributed by atoms with Gasteiger partial charge in [0, 0.05) is 26.3 Å². The van der Waals surface area contributed by atoms with Crippen LogP contribution in [0.2, 0.25) is 0 Å². The van der Waals surface area contributed by atoms with Crippen molar-refractivity contribution in [3.63, 3.8) is 0 Å². The summed E-state index contributed by atoms with van der Waals surface area (Å²) in [6.45, 7) is 7.58. The maximum atomic E-state index is 13.0. The molecule has 0 spiro atoms. The van der Waals surface area contributed by atoms with Gasteiger partial charge >= 0.3 is 0 Å². The molecule has 0 radical (unpaired) electrons. The number of halogens is 1. The van der Waals surface area contributed by atoms with E-state index < -0.39 is 0 Å². The van der Waals surface area contributed by atoms with Crippen molar-refractivity contribution in [3.8, 4) is 0 Å². The molecule has 0 unspecified atom stereocenters. The van der Waals surface area contributed by atoms with E-state index in [2.05, 4.69) is 28.8 Å². The number of amides is 1. The Bertz CT molecular complexity index is 825. The summed E-state index contributed by atoms with van der Waals surface area (Å²) in [6.07, 6.45) is 1.79. The molecule has 0 atom stereocenters. The number of hydrogen-bond acceptors (Lipinski definition) is 5. The number of carbonyl (C=O) groups excluding carboxylic acids is 1. The van der Waals surface area contributed by atoms with Crippen molar-refractivity contribution >= 4 is 45.0 Å². The zero-order chi connectivity index (χ0) is 17.8. The number of fused-ring (bicyclic) bond motifs is 1. The summed E-state index contributed by atoms with van der Waals surface area (Å²) in [7, 11) is 1.81. The second kappa shape index (κ2) is 9.12. The highest BCUT2D eigenvalue weighted by Gasteiger charge is 2.23. The van der Waals surface area contributed by atoms with Gasteiger partial charge in [-0.15, -0.1) is 12.4 Å². The standard InChI is InChI=1S/C18H23N5OS.ClH/c1-4-22(5-2)12-13-23(17(24)15-10-11-21(3)20-15)18-19-14-8-6-7-9-16(14)25-18;/h6-11H,4-5,12-13H2,1-3H3;1H. The van der Waals surface area contributed by atoms with Crippen LogP contribution in [0.1, 0.15) is 24.3 Å². The van der Waals surface area contributed by atoms with E-state index in [0.29, 0.717) is 12.2 Å². The highest BCUT2D eigenvalue weighted by atomic mass is 35.5. The van der Waals surface area contributed by atoms with Gasteiger partial charge in [-0.1, -0.05) is 37.3 Å². The molecule has 0 aliphatic rings.